The molecule has 1 saturated heterocycles. The summed E-state index contributed by atoms with van der Waals surface area (Å²) in [5.41, 5.74) is 1.73. The number of aliphatic hydroxyl groups is 1. The third-order valence-corrected chi connectivity index (χ3v) is 5.62. The summed E-state index contributed by atoms with van der Waals surface area (Å²) in [6.07, 6.45) is 4.78. The van der Waals surface area contributed by atoms with Gasteiger partial charge in [0.05, 0.1) is 13.2 Å². The highest BCUT2D eigenvalue weighted by atomic mass is 32.1. The van der Waals surface area contributed by atoms with Gasteiger partial charge >= 0.3 is 0 Å². The van der Waals surface area contributed by atoms with E-state index in [9.17, 15) is 9.90 Å². The number of methoxy groups -OCH3 is 1. The first-order valence-corrected chi connectivity index (χ1v) is 9.22. The third-order valence-electron chi connectivity index (χ3n) is 4.71. The van der Waals surface area contributed by atoms with Crippen molar-refractivity contribution in [2.24, 2.45) is 0 Å². The van der Waals surface area contributed by atoms with Crippen molar-refractivity contribution in [2.75, 3.05) is 26.7 Å². The van der Waals surface area contributed by atoms with Gasteiger partial charge in [0.25, 0.3) is 5.56 Å². The lowest BCUT2D eigenvalue weighted by atomic mass is 10.0. The highest BCUT2D eigenvalue weighted by Gasteiger charge is 2.18. The number of likely N-dealkylation sites (tertiary alicyclic amines) is 1. The van der Waals surface area contributed by atoms with Crippen LogP contribution in [-0.4, -0.2) is 47.8 Å². The van der Waals surface area contributed by atoms with E-state index >= 15 is 0 Å². The Labute approximate surface area is 149 Å². The minimum absolute atomic E-state index is 0.0522. The van der Waals surface area contributed by atoms with Crippen molar-refractivity contribution >= 4 is 38.4 Å². The smallest absolute Gasteiger partial charge is 0.266 e. The molecule has 3 heterocycles. The molecule has 3 aromatic rings. The average Bonchev–Trinajstić information content (AvgIpc) is 3.24. The Morgan fingerprint density at radius 3 is 3.08 bits per heavy atom. The predicted octanol–water partition coefficient (Wildman–Crippen LogP) is 2.83. The Kier molecular flexibility index (Phi) is 4.33. The maximum Gasteiger partial charge on any atom is 0.266 e. The zero-order valence-corrected chi connectivity index (χ0v) is 14.8. The van der Waals surface area contributed by atoms with Crippen LogP contribution < -0.4 is 10.3 Å². The molecule has 1 atom stereocenters. The van der Waals surface area contributed by atoms with Crippen molar-refractivity contribution in [3.63, 3.8) is 0 Å². The number of pyridine rings is 1. The van der Waals surface area contributed by atoms with Crippen molar-refractivity contribution < 1.29 is 9.84 Å². The SMILES string of the molecule is COc1ccc2[nH]c(=O)c3sccc3c2c1C=CCN1CCC(O)C1. The maximum atomic E-state index is 12.2. The lowest BCUT2D eigenvalue weighted by Gasteiger charge is -2.13. The molecular formula is C19H20N2O3S. The Morgan fingerprint density at radius 2 is 2.32 bits per heavy atom. The van der Waals surface area contributed by atoms with E-state index in [0.29, 0.717) is 0 Å². The van der Waals surface area contributed by atoms with Gasteiger partial charge < -0.3 is 14.8 Å². The molecule has 1 aromatic carbocycles. The summed E-state index contributed by atoms with van der Waals surface area (Å²) < 4.78 is 6.29. The summed E-state index contributed by atoms with van der Waals surface area (Å²) in [6.45, 7) is 2.42. The van der Waals surface area contributed by atoms with Crippen LogP contribution in [0.15, 0.2) is 34.4 Å². The van der Waals surface area contributed by atoms with E-state index in [0.717, 1.165) is 58.4 Å². The topological polar surface area (TPSA) is 65.6 Å². The van der Waals surface area contributed by atoms with Gasteiger partial charge in [-0.25, -0.2) is 0 Å². The number of thiophene rings is 1. The fourth-order valence-corrected chi connectivity index (χ4v) is 4.29. The number of β-amino-alcohol motifs (C(OH)–C–C–N with tert-alkyl or cyclic N) is 1. The number of rotatable bonds is 4. The molecule has 6 heteroatoms. The zero-order valence-electron chi connectivity index (χ0n) is 14.0. The van der Waals surface area contributed by atoms with Crippen LogP contribution in [-0.2, 0) is 0 Å². The first-order valence-electron chi connectivity index (χ1n) is 8.34. The standard InChI is InChI=1S/C19H20N2O3S/c1-24-16-5-4-15-17(14-7-10-25-18(14)19(23)20-15)13(16)3-2-8-21-9-6-12(22)11-21/h2-5,7,10,12,22H,6,8-9,11H2,1H3,(H,20,23). The van der Waals surface area contributed by atoms with E-state index in [-0.39, 0.29) is 11.7 Å². The molecule has 0 bridgehead atoms. The molecule has 0 aliphatic carbocycles. The number of ether oxygens (including phenoxy) is 1. The minimum atomic E-state index is -0.212. The molecule has 25 heavy (non-hydrogen) atoms. The molecule has 1 aliphatic rings. The van der Waals surface area contributed by atoms with Crippen molar-refractivity contribution in [3.05, 3.63) is 45.6 Å². The van der Waals surface area contributed by atoms with Crippen LogP contribution in [0.2, 0.25) is 0 Å². The second-order valence-corrected chi connectivity index (χ2v) is 7.24. The number of fused-ring (bicyclic) bond motifs is 3. The van der Waals surface area contributed by atoms with Gasteiger partial charge in [0.2, 0.25) is 0 Å². The maximum absolute atomic E-state index is 12.2. The average molecular weight is 356 g/mol. The van der Waals surface area contributed by atoms with Crippen molar-refractivity contribution in [1.29, 1.82) is 0 Å². The Balaban J connectivity index is 1.80. The summed E-state index contributed by atoms with van der Waals surface area (Å²) in [6, 6.07) is 5.77. The largest absolute Gasteiger partial charge is 0.496 e. The summed E-state index contributed by atoms with van der Waals surface area (Å²) in [7, 11) is 1.66. The quantitative estimate of drug-likeness (QED) is 0.754. The second-order valence-electron chi connectivity index (χ2n) is 6.33. The summed E-state index contributed by atoms with van der Waals surface area (Å²) in [5.74, 6) is 0.782. The molecule has 0 saturated carbocycles. The van der Waals surface area contributed by atoms with Gasteiger partial charge in [0.1, 0.15) is 10.4 Å². The van der Waals surface area contributed by atoms with Gasteiger partial charge in [-0.2, -0.15) is 0 Å². The van der Waals surface area contributed by atoms with Gasteiger partial charge in [-0.1, -0.05) is 12.2 Å². The van der Waals surface area contributed by atoms with E-state index < -0.39 is 0 Å². The van der Waals surface area contributed by atoms with E-state index in [1.165, 1.54) is 11.3 Å². The number of aromatic nitrogens is 1. The Morgan fingerprint density at radius 1 is 1.44 bits per heavy atom. The van der Waals surface area contributed by atoms with Gasteiger partial charge in [-0.3, -0.25) is 9.69 Å². The number of nitrogens with zero attached hydrogens (tertiary/aromatic N) is 1. The molecule has 0 spiro atoms. The van der Waals surface area contributed by atoms with Crippen molar-refractivity contribution in [3.8, 4) is 5.75 Å². The summed E-state index contributed by atoms with van der Waals surface area (Å²) in [4.78, 5) is 17.4. The summed E-state index contributed by atoms with van der Waals surface area (Å²) >= 11 is 1.45. The fraction of sp³-hybridized carbons (Fsp3) is 0.316. The molecule has 4 rings (SSSR count). The molecule has 0 radical (unpaired) electrons. The number of aromatic amines is 1. The molecule has 1 aliphatic heterocycles. The molecule has 2 N–H and O–H groups in total. The number of H-pyrrole nitrogens is 1. The Hall–Kier alpha value is -2.15. The molecule has 1 unspecified atom stereocenters. The predicted molar refractivity (Wildman–Crippen MR) is 103 cm³/mol. The molecule has 1 fully saturated rings. The van der Waals surface area contributed by atoms with Crippen LogP contribution in [0.4, 0.5) is 0 Å². The fourth-order valence-electron chi connectivity index (χ4n) is 3.50. The summed E-state index contributed by atoms with van der Waals surface area (Å²) in [5, 5.41) is 13.5. The van der Waals surface area contributed by atoms with Crippen LogP contribution in [0.25, 0.3) is 27.1 Å². The minimum Gasteiger partial charge on any atom is -0.496 e. The molecular weight excluding hydrogens is 336 g/mol. The van der Waals surface area contributed by atoms with Crippen LogP contribution in [0.3, 0.4) is 0 Å². The second kappa shape index (κ2) is 6.63. The number of hydrogen-bond acceptors (Lipinski definition) is 5. The van der Waals surface area contributed by atoms with E-state index in [2.05, 4.69) is 22.0 Å². The third kappa shape index (κ3) is 2.97. The van der Waals surface area contributed by atoms with E-state index in [1.807, 2.05) is 23.6 Å². The number of hydrogen-bond donors (Lipinski definition) is 2. The van der Waals surface area contributed by atoms with Gasteiger partial charge in [0, 0.05) is 41.5 Å². The van der Waals surface area contributed by atoms with E-state index in [1.54, 1.807) is 7.11 Å². The first-order chi connectivity index (χ1) is 12.2. The monoisotopic (exact) mass is 356 g/mol. The van der Waals surface area contributed by atoms with Crippen LogP contribution in [0, 0.1) is 0 Å². The van der Waals surface area contributed by atoms with Crippen LogP contribution in [0.1, 0.15) is 12.0 Å². The normalized spacial score (nSPS) is 18.7. The first kappa shape index (κ1) is 16.3. The van der Waals surface area contributed by atoms with E-state index in [4.69, 9.17) is 4.74 Å². The lowest BCUT2D eigenvalue weighted by molar-refractivity contribution is 0.179. The van der Waals surface area contributed by atoms with Gasteiger partial charge in [0.15, 0.2) is 0 Å². The zero-order chi connectivity index (χ0) is 17.4. The molecule has 0 amide bonds. The highest BCUT2D eigenvalue weighted by Crippen LogP contribution is 2.34. The molecule has 5 nitrogen and oxygen atoms in total. The van der Waals surface area contributed by atoms with Crippen molar-refractivity contribution in [2.45, 2.75) is 12.5 Å². The van der Waals surface area contributed by atoms with Crippen molar-refractivity contribution in [1.82, 2.24) is 9.88 Å². The van der Waals surface area contributed by atoms with Crippen LogP contribution >= 0.6 is 11.3 Å². The lowest BCUT2D eigenvalue weighted by Crippen LogP contribution is -2.21. The number of benzene rings is 1. The highest BCUT2D eigenvalue weighted by molar-refractivity contribution is 7.17. The Bertz CT molecular complexity index is 1000. The van der Waals surface area contributed by atoms with Gasteiger partial charge in [-0.05, 0) is 30.0 Å². The van der Waals surface area contributed by atoms with Crippen LogP contribution in [0.5, 0.6) is 5.75 Å². The number of aliphatic hydroxyl groups excluding tert-OH is 1. The molecule has 2 aromatic heterocycles. The molecule has 130 valence electrons. The number of nitrogens with one attached hydrogen (secondary N) is 1. The van der Waals surface area contributed by atoms with Gasteiger partial charge in [-0.15, -0.1) is 11.3 Å².